The highest BCUT2D eigenvalue weighted by atomic mass is 15.4. The summed E-state index contributed by atoms with van der Waals surface area (Å²) < 4.78 is 1.75. The van der Waals surface area contributed by atoms with Crippen molar-refractivity contribution in [1.29, 1.82) is 0 Å². The average Bonchev–Trinajstić information content (AvgIpc) is 2.66. The molecule has 0 saturated heterocycles. The van der Waals surface area contributed by atoms with E-state index >= 15 is 0 Å². The Morgan fingerprint density at radius 2 is 1.93 bits per heavy atom. The van der Waals surface area contributed by atoms with E-state index in [-0.39, 0.29) is 0 Å². The van der Waals surface area contributed by atoms with Crippen molar-refractivity contribution in [2.75, 3.05) is 0 Å². The Balaban J connectivity index is 1.80. The van der Waals surface area contributed by atoms with Crippen LogP contribution in [0.5, 0.6) is 0 Å². The quantitative estimate of drug-likeness (QED) is 0.757. The van der Waals surface area contributed by atoms with Gasteiger partial charge in [-0.3, -0.25) is 4.68 Å². The molecule has 78 valence electrons. The second kappa shape index (κ2) is 4.73. The predicted octanol–water partition coefficient (Wildman–Crippen LogP) is 1.99. The van der Waals surface area contributed by atoms with Gasteiger partial charge in [-0.15, -0.1) is 5.10 Å². The Hall–Kier alpha value is -1.64. The second-order valence-electron chi connectivity index (χ2n) is 3.72. The second-order valence-corrected chi connectivity index (χ2v) is 3.72. The molecule has 0 aliphatic carbocycles. The van der Waals surface area contributed by atoms with Crippen LogP contribution in [0.1, 0.15) is 17.7 Å². The van der Waals surface area contributed by atoms with Crippen LogP contribution < -0.4 is 0 Å². The van der Waals surface area contributed by atoms with Gasteiger partial charge in [0.25, 0.3) is 0 Å². The summed E-state index contributed by atoms with van der Waals surface area (Å²) in [5, 5.41) is 7.97. The molecule has 2 rings (SSSR count). The molecular formula is C12H15N3. The summed E-state index contributed by atoms with van der Waals surface area (Å²) in [6, 6.07) is 10.5. The molecule has 0 unspecified atom stereocenters. The maximum atomic E-state index is 4.06. The van der Waals surface area contributed by atoms with Gasteiger partial charge in [-0.25, -0.2) is 0 Å². The Bertz CT molecular complexity index is 406. The van der Waals surface area contributed by atoms with Crippen LogP contribution in [0, 0.1) is 0 Å². The SMILES string of the molecule is Cn1cc(CCCc2ccccc2)nn1. The summed E-state index contributed by atoms with van der Waals surface area (Å²) in [5.74, 6) is 0. The normalized spacial score (nSPS) is 10.5. The van der Waals surface area contributed by atoms with E-state index in [1.54, 1.807) is 4.68 Å². The lowest BCUT2D eigenvalue weighted by molar-refractivity contribution is 0.711. The number of nitrogens with zero attached hydrogens (tertiary/aromatic N) is 3. The third-order valence-corrected chi connectivity index (χ3v) is 2.39. The van der Waals surface area contributed by atoms with Crippen molar-refractivity contribution in [3.63, 3.8) is 0 Å². The van der Waals surface area contributed by atoms with Gasteiger partial charge in [-0.2, -0.15) is 0 Å². The molecule has 0 fully saturated rings. The van der Waals surface area contributed by atoms with Crippen molar-refractivity contribution in [2.24, 2.45) is 7.05 Å². The number of aromatic nitrogens is 3. The fourth-order valence-corrected chi connectivity index (χ4v) is 1.63. The van der Waals surface area contributed by atoms with E-state index in [9.17, 15) is 0 Å². The van der Waals surface area contributed by atoms with Crippen LogP contribution in [0.3, 0.4) is 0 Å². The topological polar surface area (TPSA) is 30.7 Å². The number of hydrogen-bond acceptors (Lipinski definition) is 2. The van der Waals surface area contributed by atoms with Crippen molar-refractivity contribution in [2.45, 2.75) is 19.3 Å². The highest BCUT2D eigenvalue weighted by Crippen LogP contribution is 2.05. The molecule has 0 aliphatic rings. The van der Waals surface area contributed by atoms with E-state index in [0.29, 0.717) is 0 Å². The molecular weight excluding hydrogens is 186 g/mol. The number of rotatable bonds is 4. The molecule has 0 aliphatic heterocycles. The fraction of sp³-hybridized carbons (Fsp3) is 0.333. The summed E-state index contributed by atoms with van der Waals surface area (Å²) in [4.78, 5) is 0. The largest absolute Gasteiger partial charge is 0.255 e. The molecule has 3 nitrogen and oxygen atoms in total. The van der Waals surface area contributed by atoms with E-state index in [4.69, 9.17) is 0 Å². The molecule has 1 heterocycles. The van der Waals surface area contributed by atoms with Gasteiger partial charge in [0, 0.05) is 13.2 Å². The number of hydrogen-bond donors (Lipinski definition) is 0. The minimum atomic E-state index is 1.00. The average molecular weight is 201 g/mol. The van der Waals surface area contributed by atoms with Crippen LogP contribution in [0.25, 0.3) is 0 Å². The Morgan fingerprint density at radius 1 is 1.13 bits per heavy atom. The number of benzene rings is 1. The standard InChI is InChI=1S/C12H15N3/c1-15-10-12(13-14-15)9-5-8-11-6-3-2-4-7-11/h2-4,6-7,10H,5,8-9H2,1H3. The van der Waals surface area contributed by atoms with Crippen molar-refractivity contribution in [1.82, 2.24) is 15.0 Å². The van der Waals surface area contributed by atoms with Gasteiger partial charge >= 0.3 is 0 Å². The molecule has 0 N–H and O–H groups in total. The van der Waals surface area contributed by atoms with Crippen molar-refractivity contribution in [3.05, 3.63) is 47.8 Å². The molecule has 0 spiro atoms. The van der Waals surface area contributed by atoms with Crippen LogP contribution in [-0.4, -0.2) is 15.0 Å². The maximum Gasteiger partial charge on any atom is 0.0827 e. The zero-order valence-electron chi connectivity index (χ0n) is 8.93. The first-order valence-electron chi connectivity index (χ1n) is 5.24. The van der Waals surface area contributed by atoms with Crippen molar-refractivity contribution < 1.29 is 0 Å². The van der Waals surface area contributed by atoms with Crippen molar-refractivity contribution in [3.8, 4) is 0 Å². The lowest BCUT2D eigenvalue weighted by Crippen LogP contribution is -1.90. The van der Waals surface area contributed by atoms with Gasteiger partial charge in [0.2, 0.25) is 0 Å². The first-order chi connectivity index (χ1) is 7.34. The summed E-state index contributed by atoms with van der Waals surface area (Å²) in [7, 11) is 1.90. The zero-order valence-corrected chi connectivity index (χ0v) is 8.93. The highest BCUT2D eigenvalue weighted by Gasteiger charge is 1.98. The van der Waals surface area contributed by atoms with Gasteiger partial charge in [-0.05, 0) is 24.8 Å². The lowest BCUT2D eigenvalue weighted by atomic mass is 10.1. The Labute approximate surface area is 89.7 Å². The molecule has 3 heteroatoms. The molecule has 1 aromatic heterocycles. The smallest absolute Gasteiger partial charge is 0.0827 e. The van der Waals surface area contributed by atoms with Gasteiger partial charge in [0.1, 0.15) is 0 Å². The van der Waals surface area contributed by atoms with Gasteiger partial charge in [0.05, 0.1) is 5.69 Å². The molecule has 0 bridgehead atoms. The Morgan fingerprint density at radius 3 is 2.60 bits per heavy atom. The van der Waals surface area contributed by atoms with Crippen LogP contribution in [0.4, 0.5) is 0 Å². The molecule has 0 atom stereocenters. The molecule has 0 radical (unpaired) electrons. The van der Waals surface area contributed by atoms with Gasteiger partial charge in [0.15, 0.2) is 0 Å². The van der Waals surface area contributed by atoms with E-state index in [2.05, 4.69) is 34.6 Å². The van der Waals surface area contributed by atoms with Crippen LogP contribution in [-0.2, 0) is 19.9 Å². The molecule has 15 heavy (non-hydrogen) atoms. The number of aryl methyl sites for hydroxylation is 3. The van der Waals surface area contributed by atoms with E-state index in [1.807, 2.05) is 19.3 Å². The highest BCUT2D eigenvalue weighted by molar-refractivity contribution is 5.14. The fourth-order valence-electron chi connectivity index (χ4n) is 1.63. The van der Waals surface area contributed by atoms with Crippen LogP contribution in [0.2, 0.25) is 0 Å². The summed E-state index contributed by atoms with van der Waals surface area (Å²) in [5.41, 5.74) is 2.47. The maximum absolute atomic E-state index is 4.06. The van der Waals surface area contributed by atoms with E-state index in [1.165, 1.54) is 5.56 Å². The third-order valence-electron chi connectivity index (χ3n) is 2.39. The first kappa shape index (κ1) is 9.90. The molecule has 2 aromatic rings. The minimum absolute atomic E-state index is 1.00. The lowest BCUT2D eigenvalue weighted by Gasteiger charge is -1.98. The summed E-state index contributed by atoms with van der Waals surface area (Å²) in [6.45, 7) is 0. The molecule has 1 aromatic carbocycles. The third kappa shape index (κ3) is 2.91. The first-order valence-corrected chi connectivity index (χ1v) is 5.24. The summed E-state index contributed by atoms with van der Waals surface area (Å²) >= 11 is 0. The van der Waals surface area contributed by atoms with E-state index < -0.39 is 0 Å². The van der Waals surface area contributed by atoms with Crippen LogP contribution >= 0.6 is 0 Å². The monoisotopic (exact) mass is 201 g/mol. The van der Waals surface area contributed by atoms with Gasteiger partial charge in [-0.1, -0.05) is 35.5 Å². The van der Waals surface area contributed by atoms with E-state index in [0.717, 1.165) is 25.0 Å². The van der Waals surface area contributed by atoms with Gasteiger partial charge < -0.3 is 0 Å². The Kier molecular flexibility index (Phi) is 3.12. The molecule has 0 amide bonds. The summed E-state index contributed by atoms with van der Waals surface area (Å²) in [6.07, 6.45) is 5.22. The predicted molar refractivity (Wildman–Crippen MR) is 59.5 cm³/mol. The van der Waals surface area contributed by atoms with Crippen LogP contribution in [0.15, 0.2) is 36.5 Å². The molecule has 0 saturated carbocycles. The van der Waals surface area contributed by atoms with Crippen molar-refractivity contribution >= 4 is 0 Å². The minimum Gasteiger partial charge on any atom is -0.255 e. The zero-order chi connectivity index (χ0) is 10.5.